The number of nitrogens with zero attached hydrogens (tertiary/aromatic N) is 2. The molecule has 2 aromatic heterocycles. The number of aromatic nitrogens is 2. The van der Waals surface area contributed by atoms with E-state index in [-0.39, 0.29) is 38.5 Å². The van der Waals surface area contributed by atoms with E-state index in [1.54, 1.807) is 0 Å². The molecule has 0 radical (unpaired) electrons. The molecule has 7 rings (SSSR count). The Bertz CT molecular complexity index is 1970. The SMILES string of the molecule is CC(=O)C1=C(O)C(=O)CCC1(c1nc(-c2ccccc2)cc2ccccc12)c1nc(-c2ccccc2)cc2ccccc12.[Ir+3]. The molecule has 214 valence electrons. The first-order valence-corrected chi connectivity index (χ1v) is 14.4. The summed E-state index contributed by atoms with van der Waals surface area (Å²) in [5, 5.41) is 15.0. The second-order valence-corrected chi connectivity index (χ2v) is 11.0. The molecule has 4 aromatic carbocycles. The maximum absolute atomic E-state index is 13.7. The van der Waals surface area contributed by atoms with Crippen LogP contribution in [0.1, 0.15) is 31.2 Å². The van der Waals surface area contributed by atoms with Gasteiger partial charge in [-0.15, -0.1) is 0 Å². The van der Waals surface area contributed by atoms with Gasteiger partial charge in [0.2, 0.25) is 0 Å². The van der Waals surface area contributed by atoms with Gasteiger partial charge in [-0.25, -0.2) is 0 Å². The number of benzene rings is 4. The Balaban J connectivity index is 0.00000343. The molecule has 2 heterocycles. The van der Waals surface area contributed by atoms with Gasteiger partial charge in [0.15, 0.2) is 17.3 Å². The minimum atomic E-state index is -1.31. The topological polar surface area (TPSA) is 80.1 Å². The van der Waals surface area contributed by atoms with E-state index in [0.717, 1.165) is 44.1 Å². The molecular weight excluding hydrogens is 725 g/mol. The number of hydrogen-bond acceptors (Lipinski definition) is 5. The van der Waals surface area contributed by atoms with Crippen molar-refractivity contribution in [3.8, 4) is 22.5 Å². The summed E-state index contributed by atoms with van der Waals surface area (Å²) in [6, 6.07) is 39.7. The van der Waals surface area contributed by atoms with Crippen LogP contribution in [0.2, 0.25) is 0 Å². The second kappa shape index (κ2) is 11.7. The number of pyridine rings is 2. The predicted molar refractivity (Wildman–Crippen MR) is 170 cm³/mol. The molecule has 0 saturated heterocycles. The second-order valence-electron chi connectivity index (χ2n) is 11.0. The normalized spacial score (nSPS) is 14.4. The molecule has 0 saturated carbocycles. The molecule has 0 unspecified atom stereocenters. The van der Waals surface area contributed by atoms with Gasteiger partial charge in [-0.2, -0.15) is 0 Å². The van der Waals surface area contributed by atoms with Crippen molar-refractivity contribution in [2.24, 2.45) is 0 Å². The summed E-state index contributed by atoms with van der Waals surface area (Å²) < 4.78 is 0. The monoisotopic (exact) mass is 753 g/mol. The maximum Gasteiger partial charge on any atom is 3.00 e. The van der Waals surface area contributed by atoms with Gasteiger partial charge in [-0.1, -0.05) is 109 Å². The summed E-state index contributed by atoms with van der Waals surface area (Å²) in [7, 11) is 0. The molecule has 44 heavy (non-hydrogen) atoms. The first kappa shape index (κ1) is 29.3. The summed E-state index contributed by atoms with van der Waals surface area (Å²) in [5.41, 5.74) is 3.23. The Kier molecular flexibility index (Phi) is 7.81. The van der Waals surface area contributed by atoms with E-state index in [9.17, 15) is 14.7 Å². The van der Waals surface area contributed by atoms with Crippen LogP contribution in [0.3, 0.4) is 0 Å². The summed E-state index contributed by atoms with van der Waals surface area (Å²) in [6.45, 7) is 1.41. The number of Topliss-reactive ketones (excluding diaryl/α,β-unsaturated/α-hetero) is 2. The number of hydrogen-bond donors (Lipinski definition) is 1. The number of allylic oxidation sites excluding steroid dienone is 2. The third kappa shape index (κ3) is 4.77. The quantitative estimate of drug-likeness (QED) is 0.192. The van der Waals surface area contributed by atoms with Crippen molar-refractivity contribution in [3.05, 3.63) is 144 Å². The van der Waals surface area contributed by atoms with E-state index >= 15 is 0 Å². The van der Waals surface area contributed by atoms with Crippen LogP contribution in [0.25, 0.3) is 44.1 Å². The minimum absolute atomic E-state index is 0. The molecule has 0 spiro atoms. The Labute approximate surface area is 268 Å². The van der Waals surface area contributed by atoms with Gasteiger partial charge in [-0.05, 0) is 36.2 Å². The molecule has 0 fully saturated rings. The van der Waals surface area contributed by atoms with Gasteiger partial charge in [0, 0.05) is 28.3 Å². The summed E-state index contributed by atoms with van der Waals surface area (Å²) in [6.07, 6.45) is 0.273. The molecule has 1 aliphatic rings. The van der Waals surface area contributed by atoms with E-state index in [0.29, 0.717) is 11.4 Å². The van der Waals surface area contributed by atoms with Crippen molar-refractivity contribution < 1.29 is 34.8 Å². The third-order valence-electron chi connectivity index (χ3n) is 8.44. The minimum Gasteiger partial charge on any atom is -0.504 e. The first-order chi connectivity index (χ1) is 21.0. The zero-order valence-corrected chi connectivity index (χ0v) is 26.3. The number of carbonyl (C=O) groups is 2. The molecule has 0 atom stereocenters. The Morgan fingerprint density at radius 3 is 1.57 bits per heavy atom. The van der Waals surface area contributed by atoms with E-state index < -0.39 is 22.7 Å². The van der Waals surface area contributed by atoms with Gasteiger partial charge >= 0.3 is 20.1 Å². The number of fused-ring (bicyclic) bond motifs is 2. The molecule has 0 amide bonds. The van der Waals surface area contributed by atoms with Crippen molar-refractivity contribution in [3.63, 3.8) is 0 Å². The number of aliphatic hydroxyl groups is 1. The largest absolute Gasteiger partial charge is 3.00 e. The number of aliphatic hydroxyl groups excluding tert-OH is 1. The van der Waals surface area contributed by atoms with Crippen LogP contribution in [0, 0.1) is 0 Å². The molecule has 6 heteroatoms. The zero-order chi connectivity index (χ0) is 29.6. The fourth-order valence-corrected chi connectivity index (χ4v) is 6.50. The molecule has 5 nitrogen and oxygen atoms in total. The third-order valence-corrected chi connectivity index (χ3v) is 8.44. The van der Waals surface area contributed by atoms with Crippen LogP contribution >= 0.6 is 0 Å². The van der Waals surface area contributed by atoms with Crippen LogP contribution in [-0.2, 0) is 35.1 Å². The fourth-order valence-electron chi connectivity index (χ4n) is 6.50. The molecule has 6 aromatic rings. The molecular formula is C38H28IrN2O3+3. The Morgan fingerprint density at radius 1 is 0.682 bits per heavy atom. The average Bonchev–Trinajstić information content (AvgIpc) is 3.05. The van der Waals surface area contributed by atoms with Gasteiger partial charge in [-0.3, -0.25) is 19.6 Å². The molecule has 1 N–H and O–H groups in total. The van der Waals surface area contributed by atoms with Crippen LogP contribution in [0.5, 0.6) is 0 Å². The molecule has 0 bridgehead atoms. The van der Waals surface area contributed by atoms with E-state index in [1.807, 2.05) is 121 Å². The van der Waals surface area contributed by atoms with Crippen LogP contribution in [0.15, 0.2) is 133 Å². The van der Waals surface area contributed by atoms with Gasteiger partial charge in [0.25, 0.3) is 0 Å². The summed E-state index contributed by atoms with van der Waals surface area (Å²) in [4.78, 5) is 37.3. The summed E-state index contributed by atoms with van der Waals surface area (Å²) in [5.74, 6) is -1.35. The van der Waals surface area contributed by atoms with Crippen LogP contribution in [-0.4, -0.2) is 26.6 Å². The summed E-state index contributed by atoms with van der Waals surface area (Å²) >= 11 is 0. The van der Waals surface area contributed by atoms with E-state index in [2.05, 4.69) is 0 Å². The smallest absolute Gasteiger partial charge is 0.504 e. The molecule has 0 aliphatic heterocycles. The van der Waals surface area contributed by atoms with Crippen molar-refractivity contribution in [2.75, 3.05) is 0 Å². The zero-order valence-electron chi connectivity index (χ0n) is 24.0. The number of ketones is 2. The first-order valence-electron chi connectivity index (χ1n) is 14.4. The van der Waals surface area contributed by atoms with Crippen LogP contribution < -0.4 is 0 Å². The molecule has 1 aliphatic carbocycles. The van der Waals surface area contributed by atoms with Crippen LogP contribution in [0.4, 0.5) is 0 Å². The van der Waals surface area contributed by atoms with Gasteiger partial charge < -0.3 is 5.11 Å². The number of carbonyl (C=O) groups excluding carboxylic acids is 2. The van der Waals surface area contributed by atoms with Crippen molar-refractivity contribution in [1.29, 1.82) is 0 Å². The average molecular weight is 753 g/mol. The standard InChI is InChI=1S/C38H28N2O3.Ir/c1-24(41)34-35(43)33(42)20-21-38(34,36-29-18-10-8-16-27(29)22-31(39-36)25-12-4-2-5-13-25)37-30-19-11-9-17-28(30)23-32(40-37)26-14-6-3-7-15-26;/h2-19,22-23,43H,20-21H2,1H3;/q;+3. The van der Waals surface area contributed by atoms with Crippen molar-refractivity contribution >= 4 is 33.1 Å². The van der Waals surface area contributed by atoms with E-state index in [1.165, 1.54) is 6.92 Å². The van der Waals surface area contributed by atoms with Gasteiger partial charge in [0.05, 0.1) is 33.8 Å². The fraction of sp³-hybridized carbons (Fsp3) is 0.105. The Hall–Kier alpha value is -4.77. The number of rotatable bonds is 5. The van der Waals surface area contributed by atoms with Crippen molar-refractivity contribution in [2.45, 2.75) is 25.2 Å². The maximum atomic E-state index is 13.7. The predicted octanol–water partition coefficient (Wildman–Crippen LogP) is 8.16. The van der Waals surface area contributed by atoms with Gasteiger partial charge in [0.1, 0.15) is 0 Å². The van der Waals surface area contributed by atoms with Crippen molar-refractivity contribution in [1.82, 2.24) is 9.97 Å². The Morgan fingerprint density at radius 2 is 1.11 bits per heavy atom. The van der Waals surface area contributed by atoms with E-state index in [4.69, 9.17) is 9.97 Å².